The molecule has 0 bridgehead atoms. The number of nitrogens with zero attached hydrogens (tertiary/aromatic N) is 3. The summed E-state index contributed by atoms with van der Waals surface area (Å²) < 4.78 is 0. The molecular weight excluding hydrogens is 308 g/mol. The second-order valence-electron chi connectivity index (χ2n) is 6.90. The lowest BCUT2D eigenvalue weighted by Gasteiger charge is -2.25. The van der Waals surface area contributed by atoms with Crippen LogP contribution in [0, 0.1) is 19.8 Å². The molecule has 1 fully saturated rings. The van der Waals surface area contributed by atoms with E-state index in [2.05, 4.69) is 48.2 Å². The Balaban J connectivity index is 1.80. The van der Waals surface area contributed by atoms with Crippen LogP contribution in [0.1, 0.15) is 28.4 Å². The molecule has 1 saturated heterocycles. The third kappa shape index (κ3) is 5.26. The quantitative estimate of drug-likeness (QED) is 0.888. The van der Waals surface area contributed by atoms with Crippen molar-refractivity contribution in [3.05, 3.63) is 15.6 Å². The van der Waals surface area contributed by atoms with E-state index >= 15 is 0 Å². The van der Waals surface area contributed by atoms with Gasteiger partial charge in [-0.3, -0.25) is 4.79 Å². The van der Waals surface area contributed by atoms with Crippen molar-refractivity contribution in [2.45, 2.75) is 39.2 Å². The fraction of sp³-hybridized carbons (Fsp3) is 0.765. The minimum Gasteiger partial charge on any atom is -0.355 e. The maximum absolute atomic E-state index is 12.5. The van der Waals surface area contributed by atoms with Gasteiger partial charge in [0.2, 0.25) is 5.91 Å². The van der Waals surface area contributed by atoms with Gasteiger partial charge < -0.3 is 15.1 Å². The Morgan fingerprint density at radius 1 is 1.35 bits per heavy atom. The molecule has 0 unspecified atom stereocenters. The molecule has 1 aromatic rings. The van der Waals surface area contributed by atoms with Gasteiger partial charge in [0.05, 0.1) is 16.6 Å². The zero-order valence-corrected chi connectivity index (χ0v) is 15.9. The Labute approximate surface area is 144 Å². The number of thiazole rings is 1. The maximum Gasteiger partial charge on any atom is 0.224 e. The number of hydrogen-bond donors (Lipinski definition) is 1. The lowest BCUT2D eigenvalue weighted by molar-refractivity contribution is -0.125. The Morgan fingerprint density at radius 2 is 2.09 bits per heavy atom. The summed E-state index contributed by atoms with van der Waals surface area (Å²) in [5.74, 6) is 0.297. The first-order valence-electron chi connectivity index (χ1n) is 8.42. The van der Waals surface area contributed by atoms with Gasteiger partial charge >= 0.3 is 0 Å². The zero-order chi connectivity index (χ0) is 17.0. The number of amides is 1. The number of nitrogens with one attached hydrogen (secondary N) is 1. The maximum atomic E-state index is 12.5. The van der Waals surface area contributed by atoms with Crippen LogP contribution in [-0.2, 0) is 11.2 Å². The molecule has 2 rings (SSSR count). The normalized spacial score (nSPS) is 23.0. The first-order chi connectivity index (χ1) is 10.9. The Morgan fingerprint density at radius 3 is 2.70 bits per heavy atom. The molecule has 2 atom stereocenters. The van der Waals surface area contributed by atoms with Crippen LogP contribution < -0.4 is 5.32 Å². The molecule has 0 saturated carbocycles. The van der Waals surface area contributed by atoms with Gasteiger partial charge in [-0.25, -0.2) is 4.98 Å². The molecule has 5 nitrogen and oxygen atoms in total. The Hall–Kier alpha value is -0.980. The monoisotopic (exact) mass is 338 g/mol. The minimum absolute atomic E-state index is 0.102. The summed E-state index contributed by atoms with van der Waals surface area (Å²) in [5, 5.41) is 4.23. The van der Waals surface area contributed by atoms with Crippen LogP contribution >= 0.6 is 11.3 Å². The first kappa shape index (κ1) is 18.4. The molecule has 0 radical (unpaired) electrons. The van der Waals surface area contributed by atoms with E-state index in [1.807, 2.05) is 6.92 Å². The molecule has 1 N–H and O–H groups in total. The summed E-state index contributed by atoms with van der Waals surface area (Å²) >= 11 is 1.73. The number of hydrogen-bond acceptors (Lipinski definition) is 5. The highest BCUT2D eigenvalue weighted by Gasteiger charge is 2.27. The number of aryl methyl sites for hydroxylation is 2. The molecule has 1 aromatic heterocycles. The van der Waals surface area contributed by atoms with E-state index in [1.54, 1.807) is 11.3 Å². The average Bonchev–Trinajstić information content (AvgIpc) is 2.69. The second kappa shape index (κ2) is 8.22. The van der Waals surface area contributed by atoms with Crippen LogP contribution in [0.25, 0.3) is 0 Å². The van der Waals surface area contributed by atoms with Crippen molar-refractivity contribution >= 4 is 17.2 Å². The van der Waals surface area contributed by atoms with Crippen molar-refractivity contribution in [3.8, 4) is 0 Å². The zero-order valence-electron chi connectivity index (χ0n) is 15.1. The molecule has 1 aliphatic rings. The SMILES string of the molecule is Cc1nc(CCNC(=O)[C@@H]2CC[C@H](N(C)C)CN(C)C2)sc1C. The molecule has 0 spiro atoms. The van der Waals surface area contributed by atoms with Gasteiger partial charge in [-0.1, -0.05) is 0 Å². The number of aromatic nitrogens is 1. The predicted molar refractivity (Wildman–Crippen MR) is 96.0 cm³/mol. The van der Waals surface area contributed by atoms with E-state index in [1.165, 1.54) is 4.88 Å². The average molecular weight is 339 g/mol. The number of carbonyl (C=O) groups is 1. The molecule has 130 valence electrons. The third-order valence-electron chi connectivity index (χ3n) is 4.71. The summed E-state index contributed by atoms with van der Waals surface area (Å²) in [7, 11) is 6.36. The van der Waals surface area contributed by atoms with E-state index in [9.17, 15) is 4.79 Å². The molecule has 23 heavy (non-hydrogen) atoms. The topological polar surface area (TPSA) is 48.5 Å². The summed E-state index contributed by atoms with van der Waals surface area (Å²) in [4.78, 5) is 22.8. The number of likely N-dealkylation sites (tertiary alicyclic amines) is 1. The highest BCUT2D eigenvalue weighted by molar-refractivity contribution is 7.11. The van der Waals surface area contributed by atoms with Crippen molar-refractivity contribution in [2.24, 2.45) is 5.92 Å². The van der Waals surface area contributed by atoms with Gasteiger partial charge in [-0.2, -0.15) is 0 Å². The molecular formula is C17H30N4OS. The van der Waals surface area contributed by atoms with Crippen molar-refractivity contribution in [1.29, 1.82) is 0 Å². The fourth-order valence-electron chi connectivity index (χ4n) is 3.11. The van der Waals surface area contributed by atoms with Crippen LogP contribution in [0.5, 0.6) is 0 Å². The summed E-state index contributed by atoms with van der Waals surface area (Å²) in [5.41, 5.74) is 1.11. The molecule has 6 heteroatoms. The van der Waals surface area contributed by atoms with Gasteiger partial charge in [-0.05, 0) is 47.8 Å². The molecule has 2 heterocycles. The van der Waals surface area contributed by atoms with Crippen LogP contribution in [0.3, 0.4) is 0 Å². The van der Waals surface area contributed by atoms with Gasteiger partial charge in [0, 0.05) is 37.0 Å². The smallest absolute Gasteiger partial charge is 0.224 e. The van der Waals surface area contributed by atoms with Gasteiger partial charge in [0.25, 0.3) is 0 Å². The van der Waals surface area contributed by atoms with E-state index < -0.39 is 0 Å². The standard InChI is InChI=1S/C17H30N4OS/c1-12-13(2)23-16(19-12)8-9-18-17(22)14-6-7-15(20(3)4)11-21(5)10-14/h14-15H,6-11H2,1-5H3,(H,18,22)/t14-,15+/m1/s1. The highest BCUT2D eigenvalue weighted by Crippen LogP contribution is 2.19. The van der Waals surface area contributed by atoms with Crippen molar-refractivity contribution in [3.63, 3.8) is 0 Å². The van der Waals surface area contributed by atoms with E-state index in [4.69, 9.17) is 0 Å². The lowest BCUT2D eigenvalue weighted by atomic mass is 10.0. The molecule has 1 aliphatic heterocycles. The Kier molecular flexibility index (Phi) is 6.56. The summed E-state index contributed by atoms with van der Waals surface area (Å²) in [6, 6.07) is 0.541. The van der Waals surface area contributed by atoms with E-state index in [-0.39, 0.29) is 11.8 Å². The van der Waals surface area contributed by atoms with Crippen molar-refractivity contribution in [2.75, 3.05) is 40.8 Å². The number of rotatable bonds is 5. The largest absolute Gasteiger partial charge is 0.355 e. The van der Waals surface area contributed by atoms with Gasteiger partial charge in [0.1, 0.15) is 0 Å². The van der Waals surface area contributed by atoms with E-state index in [0.717, 1.165) is 43.1 Å². The van der Waals surface area contributed by atoms with Crippen LogP contribution in [0.15, 0.2) is 0 Å². The van der Waals surface area contributed by atoms with Crippen molar-refractivity contribution in [1.82, 2.24) is 20.1 Å². The summed E-state index contributed by atoms with van der Waals surface area (Å²) in [6.07, 6.45) is 2.88. The number of carbonyl (C=O) groups excluding carboxylic acids is 1. The fourth-order valence-corrected chi connectivity index (χ4v) is 4.04. The lowest BCUT2D eigenvalue weighted by Crippen LogP contribution is -2.39. The molecule has 0 aromatic carbocycles. The predicted octanol–water partition coefficient (Wildman–Crippen LogP) is 1.69. The third-order valence-corrected chi connectivity index (χ3v) is 5.85. The first-order valence-corrected chi connectivity index (χ1v) is 9.24. The van der Waals surface area contributed by atoms with Crippen LogP contribution in [-0.4, -0.2) is 67.5 Å². The van der Waals surface area contributed by atoms with Gasteiger partial charge in [0.15, 0.2) is 0 Å². The van der Waals surface area contributed by atoms with Crippen molar-refractivity contribution < 1.29 is 4.79 Å². The highest BCUT2D eigenvalue weighted by atomic mass is 32.1. The van der Waals surface area contributed by atoms with Crippen LogP contribution in [0.4, 0.5) is 0 Å². The Bertz CT molecular complexity index is 509. The second-order valence-corrected chi connectivity index (χ2v) is 8.19. The van der Waals surface area contributed by atoms with Crippen LogP contribution in [0.2, 0.25) is 0 Å². The molecule has 0 aliphatic carbocycles. The van der Waals surface area contributed by atoms with E-state index in [0.29, 0.717) is 12.6 Å². The minimum atomic E-state index is 0.102. The number of likely N-dealkylation sites (N-methyl/N-ethyl adjacent to an activating group) is 2. The summed E-state index contributed by atoms with van der Waals surface area (Å²) in [6.45, 7) is 6.71. The molecule has 1 amide bonds. The van der Waals surface area contributed by atoms with Gasteiger partial charge in [-0.15, -0.1) is 11.3 Å².